The van der Waals surface area contributed by atoms with E-state index in [0.717, 1.165) is 30.4 Å². The lowest BCUT2D eigenvalue weighted by Gasteiger charge is -2.23. The molecule has 1 aromatic carbocycles. The van der Waals surface area contributed by atoms with Crippen molar-refractivity contribution in [2.75, 3.05) is 0 Å². The monoisotopic (exact) mass is 459 g/mol. The van der Waals surface area contributed by atoms with E-state index in [1.807, 2.05) is 20.8 Å². The van der Waals surface area contributed by atoms with Crippen LogP contribution in [0.4, 0.5) is 4.79 Å². The van der Waals surface area contributed by atoms with Gasteiger partial charge in [-0.3, -0.25) is 0 Å². The van der Waals surface area contributed by atoms with Gasteiger partial charge in [-0.1, -0.05) is 27.2 Å². The van der Waals surface area contributed by atoms with E-state index >= 15 is 0 Å². The Labute approximate surface area is 195 Å². The second-order valence-corrected chi connectivity index (χ2v) is 9.92. The molecule has 182 valence electrons. The molecule has 1 aromatic heterocycles. The van der Waals surface area contributed by atoms with Gasteiger partial charge in [-0.2, -0.15) is 0 Å². The van der Waals surface area contributed by atoms with Gasteiger partial charge in [-0.15, -0.1) is 0 Å². The number of hydrogen-bond acceptors (Lipinski definition) is 6. The van der Waals surface area contributed by atoms with E-state index in [1.165, 1.54) is 6.07 Å². The molecule has 1 heterocycles. The Morgan fingerprint density at radius 2 is 1.82 bits per heavy atom. The summed E-state index contributed by atoms with van der Waals surface area (Å²) in [4.78, 5) is 37.6. The summed E-state index contributed by atoms with van der Waals surface area (Å²) in [6.07, 6.45) is 2.98. The minimum atomic E-state index is -0.868. The number of rotatable bonds is 9. The summed E-state index contributed by atoms with van der Waals surface area (Å²) < 4.78 is 16.6. The summed E-state index contributed by atoms with van der Waals surface area (Å²) in [7, 11) is 0. The molecule has 7 nitrogen and oxygen atoms in total. The number of carbonyl (C=O) groups is 2. The highest BCUT2D eigenvalue weighted by Crippen LogP contribution is 2.31. The first-order valence-electron chi connectivity index (χ1n) is 11.7. The van der Waals surface area contributed by atoms with Crippen LogP contribution in [-0.4, -0.2) is 23.7 Å². The third kappa shape index (κ3) is 8.22. The summed E-state index contributed by atoms with van der Waals surface area (Å²) in [5.74, 6) is 0.0851. The molecule has 2 aromatic rings. The lowest BCUT2D eigenvalue weighted by molar-refractivity contribution is -0.137. The summed E-state index contributed by atoms with van der Waals surface area (Å²) in [6, 6.07) is 4.11. The number of nitrogens with one attached hydrogen (secondary N) is 1. The number of benzene rings is 1. The fourth-order valence-corrected chi connectivity index (χ4v) is 3.49. The highest BCUT2D eigenvalue weighted by atomic mass is 16.6. The van der Waals surface area contributed by atoms with Crippen LogP contribution in [0.1, 0.15) is 78.4 Å². The van der Waals surface area contributed by atoms with Gasteiger partial charge in [-0.05, 0) is 82.6 Å². The van der Waals surface area contributed by atoms with Crippen molar-refractivity contribution in [3.8, 4) is 5.75 Å². The van der Waals surface area contributed by atoms with Gasteiger partial charge in [0.25, 0.3) is 0 Å². The number of unbranched alkanes of at least 4 members (excludes halogenated alkanes) is 1. The molecule has 33 heavy (non-hydrogen) atoms. The van der Waals surface area contributed by atoms with Crippen molar-refractivity contribution in [1.82, 2.24) is 5.32 Å². The maximum atomic E-state index is 13.2. The minimum absolute atomic E-state index is 0.324. The van der Waals surface area contributed by atoms with Gasteiger partial charge in [0.15, 0.2) is 0 Å². The maximum absolute atomic E-state index is 13.2. The molecule has 1 amide bonds. The van der Waals surface area contributed by atoms with Crippen molar-refractivity contribution in [3.63, 3.8) is 0 Å². The Bertz CT molecular complexity index is 1030. The van der Waals surface area contributed by atoms with Crippen LogP contribution >= 0.6 is 0 Å². The number of ether oxygens (including phenoxy) is 2. The van der Waals surface area contributed by atoms with Crippen molar-refractivity contribution in [2.24, 2.45) is 5.92 Å². The molecule has 1 atom stereocenters. The first kappa shape index (κ1) is 26.4. The molecule has 0 aliphatic rings. The largest absolute Gasteiger partial charge is 0.444 e. The third-order valence-electron chi connectivity index (χ3n) is 5.05. The number of fused-ring (bicyclic) bond motifs is 1. The van der Waals surface area contributed by atoms with E-state index in [2.05, 4.69) is 12.2 Å². The Balaban J connectivity index is 2.39. The normalized spacial score (nSPS) is 12.6. The standard InChI is InChI=1S/C26H37NO6/c1-8-9-10-18-15-22(28)31-20-13-17(4)14-21(23(18)20)32-24(29)19(12-11-16(2)3)27-25(30)33-26(5,6)7/h13-16,19H,8-12H2,1-7H3,(H,27,30)/t19-/m1/s1. The van der Waals surface area contributed by atoms with E-state index in [-0.39, 0.29) is 0 Å². The van der Waals surface area contributed by atoms with Crippen LogP contribution in [0, 0.1) is 12.8 Å². The van der Waals surface area contributed by atoms with Crippen LogP contribution in [0.3, 0.4) is 0 Å². The topological polar surface area (TPSA) is 94.8 Å². The van der Waals surface area contributed by atoms with Gasteiger partial charge in [0, 0.05) is 6.07 Å². The van der Waals surface area contributed by atoms with Gasteiger partial charge in [-0.25, -0.2) is 14.4 Å². The molecule has 2 rings (SSSR count). The zero-order valence-corrected chi connectivity index (χ0v) is 20.9. The van der Waals surface area contributed by atoms with Crippen LogP contribution in [0.25, 0.3) is 11.0 Å². The van der Waals surface area contributed by atoms with Crippen molar-refractivity contribution in [3.05, 3.63) is 39.7 Å². The molecule has 0 saturated carbocycles. The number of aryl methyl sites for hydroxylation is 2. The summed E-state index contributed by atoms with van der Waals surface area (Å²) >= 11 is 0. The van der Waals surface area contributed by atoms with Crippen LogP contribution in [-0.2, 0) is 16.0 Å². The molecule has 0 aliphatic heterocycles. The summed E-state index contributed by atoms with van der Waals surface area (Å²) in [5.41, 5.74) is 0.840. The van der Waals surface area contributed by atoms with E-state index < -0.39 is 29.3 Å². The minimum Gasteiger partial charge on any atom is -0.444 e. The van der Waals surface area contributed by atoms with E-state index in [4.69, 9.17) is 13.9 Å². The van der Waals surface area contributed by atoms with Crippen LogP contribution in [0.5, 0.6) is 5.75 Å². The van der Waals surface area contributed by atoms with Gasteiger partial charge in [0.05, 0.1) is 5.39 Å². The highest BCUT2D eigenvalue weighted by Gasteiger charge is 2.27. The molecular weight excluding hydrogens is 422 g/mol. The molecule has 1 N–H and O–H groups in total. The quantitative estimate of drug-likeness (QED) is 0.294. The molecule has 0 saturated heterocycles. The average molecular weight is 460 g/mol. The molecule has 0 spiro atoms. The predicted octanol–water partition coefficient (Wildman–Crippen LogP) is 5.68. The molecule has 0 radical (unpaired) electrons. The lowest BCUT2D eigenvalue weighted by Crippen LogP contribution is -2.45. The van der Waals surface area contributed by atoms with Crippen LogP contribution < -0.4 is 15.7 Å². The molecule has 0 unspecified atom stereocenters. The second kappa shape index (κ2) is 11.3. The van der Waals surface area contributed by atoms with Gasteiger partial charge in [0.1, 0.15) is 23.0 Å². The van der Waals surface area contributed by atoms with Crippen molar-refractivity contribution < 1.29 is 23.5 Å². The fourth-order valence-electron chi connectivity index (χ4n) is 3.49. The van der Waals surface area contributed by atoms with Crippen molar-refractivity contribution >= 4 is 23.0 Å². The average Bonchev–Trinajstić information content (AvgIpc) is 2.66. The third-order valence-corrected chi connectivity index (χ3v) is 5.05. The maximum Gasteiger partial charge on any atom is 0.408 e. The Hall–Kier alpha value is -2.83. The van der Waals surface area contributed by atoms with Crippen molar-refractivity contribution in [2.45, 2.75) is 92.2 Å². The van der Waals surface area contributed by atoms with Crippen LogP contribution in [0.2, 0.25) is 0 Å². The molecule has 0 aliphatic carbocycles. The number of amides is 1. The first-order valence-corrected chi connectivity index (χ1v) is 11.7. The fraction of sp³-hybridized carbons (Fsp3) is 0.577. The number of alkyl carbamates (subject to hydrolysis) is 1. The molecule has 0 bridgehead atoms. The van der Waals surface area contributed by atoms with E-state index in [9.17, 15) is 14.4 Å². The van der Waals surface area contributed by atoms with Gasteiger partial charge in [0.2, 0.25) is 0 Å². The summed E-state index contributed by atoms with van der Waals surface area (Å²) in [5, 5.41) is 3.27. The zero-order chi connectivity index (χ0) is 24.8. The smallest absolute Gasteiger partial charge is 0.408 e. The van der Waals surface area contributed by atoms with E-state index in [1.54, 1.807) is 32.9 Å². The van der Waals surface area contributed by atoms with Crippen LogP contribution in [0.15, 0.2) is 27.4 Å². The summed E-state index contributed by atoms with van der Waals surface area (Å²) in [6.45, 7) is 13.3. The SMILES string of the molecule is CCCCc1cc(=O)oc2cc(C)cc(OC(=O)[C@@H](CCC(C)C)NC(=O)OC(C)(C)C)c12. The Morgan fingerprint density at radius 3 is 2.42 bits per heavy atom. The number of hydrogen-bond donors (Lipinski definition) is 1. The zero-order valence-electron chi connectivity index (χ0n) is 20.9. The Kier molecular flexibility index (Phi) is 9.08. The molecule has 7 heteroatoms. The number of carbonyl (C=O) groups excluding carboxylic acids is 2. The van der Waals surface area contributed by atoms with Crippen molar-refractivity contribution in [1.29, 1.82) is 0 Å². The van der Waals surface area contributed by atoms with Gasteiger partial charge >= 0.3 is 17.7 Å². The number of esters is 1. The predicted molar refractivity (Wildman–Crippen MR) is 129 cm³/mol. The van der Waals surface area contributed by atoms with Gasteiger partial charge < -0.3 is 19.2 Å². The highest BCUT2D eigenvalue weighted by molar-refractivity contribution is 5.91. The lowest BCUT2D eigenvalue weighted by atomic mass is 10.0. The first-order chi connectivity index (χ1) is 15.4. The second-order valence-electron chi connectivity index (χ2n) is 9.92. The van der Waals surface area contributed by atoms with E-state index in [0.29, 0.717) is 35.5 Å². The Morgan fingerprint density at radius 1 is 1.12 bits per heavy atom. The molecular formula is C26H37NO6. The molecule has 0 fully saturated rings.